The molecule has 0 radical (unpaired) electrons. The summed E-state index contributed by atoms with van der Waals surface area (Å²) in [4.78, 5) is 4.50. The molecule has 2 rings (SSSR count). The number of rotatable bonds is 6. The second-order valence-electron chi connectivity index (χ2n) is 5.09. The number of halogens is 1. The van der Waals surface area contributed by atoms with Gasteiger partial charge in [-0.05, 0) is 37.6 Å². The van der Waals surface area contributed by atoms with E-state index in [1.807, 2.05) is 13.2 Å². The molecule has 0 aliphatic carbocycles. The summed E-state index contributed by atoms with van der Waals surface area (Å²) in [6.45, 7) is 5.35. The largest absolute Gasteiger partial charge is 0.335 e. The van der Waals surface area contributed by atoms with Crippen LogP contribution in [0.4, 0.5) is 0 Å². The first kappa shape index (κ1) is 15.3. The Hall–Kier alpha value is -1.13. The molecule has 2 aromatic rings. The van der Waals surface area contributed by atoms with Gasteiger partial charge < -0.3 is 9.88 Å². The summed E-state index contributed by atoms with van der Waals surface area (Å²) in [6, 6.07) is 6.82. The number of nitrogens with one attached hydrogen (secondary N) is 1. The molecule has 0 aliphatic rings. The lowest BCUT2D eigenvalue weighted by molar-refractivity contribution is 0.543. The third-order valence-electron chi connectivity index (χ3n) is 3.59. The number of likely N-dealkylation sites (N-methyl/N-ethyl adjacent to an activating group) is 1. The van der Waals surface area contributed by atoms with Crippen LogP contribution in [0.15, 0.2) is 35.1 Å². The van der Waals surface area contributed by atoms with Crippen molar-refractivity contribution in [3.63, 3.8) is 0 Å². The molecule has 0 bridgehead atoms. The van der Waals surface area contributed by atoms with E-state index in [1.165, 1.54) is 11.1 Å². The van der Waals surface area contributed by atoms with E-state index in [4.69, 9.17) is 0 Å². The third-order valence-corrected chi connectivity index (χ3v) is 4.48. The van der Waals surface area contributed by atoms with Crippen LogP contribution in [0, 0.1) is 6.92 Å². The van der Waals surface area contributed by atoms with E-state index >= 15 is 0 Å². The molecule has 0 fully saturated rings. The summed E-state index contributed by atoms with van der Waals surface area (Å²) in [6.07, 6.45) is 6.00. The van der Waals surface area contributed by atoms with Crippen LogP contribution in [0.5, 0.6) is 0 Å². The minimum Gasteiger partial charge on any atom is -0.335 e. The standard InChI is InChI=1S/C16H22BrN3/c1-4-8-20-9-7-19-16(20)11-15(18-3)13-5-6-14(17)12(2)10-13/h5-7,9-10,15,18H,4,8,11H2,1-3H3. The normalized spacial score (nSPS) is 12.6. The van der Waals surface area contributed by atoms with Gasteiger partial charge in [-0.2, -0.15) is 0 Å². The lowest BCUT2D eigenvalue weighted by atomic mass is 10.0. The molecule has 0 spiro atoms. The molecule has 0 amide bonds. The van der Waals surface area contributed by atoms with E-state index in [-0.39, 0.29) is 0 Å². The summed E-state index contributed by atoms with van der Waals surface area (Å²) in [5.41, 5.74) is 2.57. The second-order valence-corrected chi connectivity index (χ2v) is 5.95. The maximum atomic E-state index is 4.50. The molecule has 1 heterocycles. The predicted molar refractivity (Wildman–Crippen MR) is 86.9 cm³/mol. The van der Waals surface area contributed by atoms with Crippen LogP contribution >= 0.6 is 15.9 Å². The molecule has 0 aliphatic heterocycles. The Morgan fingerprint density at radius 3 is 2.85 bits per heavy atom. The van der Waals surface area contributed by atoms with Crippen molar-refractivity contribution in [2.24, 2.45) is 0 Å². The number of benzene rings is 1. The summed E-state index contributed by atoms with van der Waals surface area (Å²) in [5.74, 6) is 1.15. The quantitative estimate of drug-likeness (QED) is 0.868. The Balaban J connectivity index is 2.19. The first-order valence-corrected chi connectivity index (χ1v) is 7.88. The Kier molecular flexibility index (Phi) is 5.38. The van der Waals surface area contributed by atoms with Gasteiger partial charge >= 0.3 is 0 Å². The fourth-order valence-electron chi connectivity index (χ4n) is 2.43. The highest BCUT2D eigenvalue weighted by molar-refractivity contribution is 9.10. The zero-order valence-electron chi connectivity index (χ0n) is 12.4. The maximum Gasteiger partial charge on any atom is 0.110 e. The minimum atomic E-state index is 0.291. The Morgan fingerprint density at radius 1 is 1.40 bits per heavy atom. The molecule has 1 unspecified atom stereocenters. The van der Waals surface area contributed by atoms with E-state index < -0.39 is 0 Å². The van der Waals surface area contributed by atoms with Crippen LogP contribution in [0.25, 0.3) is 0 Å². The van der Waals surface area contributed by atoms with E-state index in [2.05, 4.69) is 69.0 Å². The van der Waals surface area contributed by atoms with Crippen LogP contribution < -0.4 is 5.32 Å². The van der Waals surface area contributed by atoms with Crippen LogP contribution in [0.3, 0.4) is 0 Å². The van der Waals surface area contributed by atoms with Crippen molar-refractivity contribution < 1.29 is 0 Å². The molecule has 0 saturated heterocycles. The fraction of sp³-hybridized carbons (Fsp3) is 0.438. The number of aryl methyl sites for hydroxylation is 2. The van der Waals surface area contributed by atoms with E-state index in [0.717, 1.165) is 29.7 Å². The molecule has 108 valence electrons. The SMILES string of the molecule is CCCn1ccnc1CC(NC)c1ccc(Br)c(C)c1. The van der Waals surface area contributed by atoms with Gasteiger partial charge in [-0.3, -0.25) is 0 Å². The van der Waals surface area contributed by atoms with Gasteiger partial charge in [0.2, 0.25) is 0 Å². The average Bonchev–Trinajstić information content (AvgIpc) is 2.87. The highest BCUT2D eigenvalue weighted by Gasteiger charge is 2.14. The topological polar surface area (TPSA) is 29.9 Å². The van der Waals surface area contributed by atoms with Gasteiger partial charge in [-0.15, -0.1) is 0 Å². The van der Waals surface area contributed by atoms with Crippen LogP contribution in [0.2, 0.25) is 0 Å². The average molecular weight is 336 g/mol. The van der Waals surface area contributed by atoms with Crippen molar-refractivity contribution in [2.45, 2.75) is 39.3 Å². The third kappa shape index (κ3) is 3.49. The highest BCUT2D eigenvalue weighted by Crippen LogP contribution is 2.23. The Labute approximate surface area is 129 Å². The Bertz CT molecular complexity index is 563. The predicted octanol–water partition coefficient (Wildman–Crippen LogP) is 3.87. The van der Waals surface area contributed by atoms with Crippen molar-refractivity contribution >= 4 is 15.9 Å². The zero-order valence-corrected chi connectivity index (χ0v) is 13.9. The second kappa shape index (κ2) is 7.04. The zero-order chi connectivity index (χ0) is 14.5. The molecule has 1 atom stereocenters. The molecule has 1 aromatic carbocycles. The molecular weight excluding hydrogens is 314 g/mol. The first-order valence-electron chi connectivity index (χ1n) is 7.09. The van der Waals surface area contributed by atoms with E-state index in [9.17, 15) is 0 Å². The van der Waals surface area contributed by atoms with Crippen LogP contribution in [-0.4, -0.2) is 16.6 Å². The van der Waals surface area contributed by atoms with Crippen LogP contribution in [0.1, 0.15) is 36.3 Å². The molecule has 4 heteroatoms. The van der Waals surface area contributed by atoms with Crippen molar-refractivity contribution in [2.75, 3.05) is 7.05 Å². The van der Waals surface area contributed by atoms with E-state index in [0.29, 0.717) is 6.04 Å². The molecule has 0 saturated carbocycles. The van der Waals surface area contributed by atoms with Gasteiger partial charge in [0, 0.05) is 35.9 Å². The van der Waals surface area contributed by atoms with Crippen molar-refractivity contribution in [3.8, 4) is 0 Å². The Morgan fingerprint density at radius 2 is 2.20 bits per heavy atom. The minimum absolute atomic E-state index is 0.291. The fourth-order valence-corrected chi connectivity index (χ4v) is 2.67. The lowest BCUT2D eigenvalue weighted by Crippen LogP contribution is -2.21. The highest BCUT2D eigenvalue weighted by atomic mass is 79.9. The molecule has 1 N–H and O–H groups in total. The monoisotopic (exact) mass is 335 g/mol. The van der Waals surface area contributed by atoms with Gasteiger partial charge in [0.05, 0.1) is 0 Å². The van der Waals surface area contributed by atoms with Crippen molar-refractivity contribution in [1.82, 2.24) is 14.9 Å². The number of hydrogen-bond donors (Lipinski definition) is 1. The first-order chi connectivity index (χ1) is 9.65. The van der Waals surface area contributed by atoms with Crippen molar-refractivity contribution in [3.05, 3.63) is 52.0 Å². The van der Waals surface area contributed by atoms with Gasteiger partial charge in [-0.1, -0.05) is 35.0 Å². The number of imidazole rings is 1. The number of hydrogen-bond acceptors (Lipinski definition) is 2. The maximum absolute atomic E-state index is 4.50. The summed E-state index contributed by atoms with van der Waals surface area (Å²) < 4.78 is 3.40. The van der Waals surface area contributed by atoms with Gasteiger partial charge in [0.1, 0.15) is 5.82 Å². The number of aromatic nitrogens is 2. The molecule has 20 heavy (non-hydrogen) atoms. The summed E-state index contributed by atoms with van der Waals surface area (Å²) in [5, 5.41) is 3.40. The molecule has 1 aromatic heterocycles. The van der Waals surface area contributed by atoms with Gasteiger partial charge in [0.25, 0.3) is 0 Å². The summed E-state index contributed by atoms with van der Waals surface area (Å²) >= 11 is 3.56. The smallest absolute Gasteiger partial charge is 0.110 e. The molecular formula is C16H22BrN3. The van der Waals surface area contributed by atoms with Gasteiger partial charge in [-0.25, -0.2) is 4.98 Å². The van der Waals surface area contributed by atoms with E-state index in [1.54, 1.807) is 0 Å². The lowest BCUT2D eigenvalue weighted by Gasteiger charge is -2.18. The van der Waals surface area contributed by atoms with Crippen LogP contribution in [-0.2, 0) is 13.0 Å². The van der Waals surface area contributed by atoms with Crippen molar-refractivity contribution in [1.29, 1.82) is 0 Å². The molecule has 3 nitrogen and oxygen atoms in total. The number of nitrogens with zero attached hydrogens (tertiary/aromatic N) is 2. The summed E-state index contributed by atoms with van der Waals surface area (Å²) in [7, 11) is 2.01. The van der Waals surface area contributed by atoms with Gasteiger partial charge in [0.15, 0.2) is 0 Å².